The molecular formula is C14H20BrN3O3. The minimum atomic E-state index is -1.25. The number of hydrogen-bond donors (Lipinski definition) is 1. The van der Waals surface area contributed by atoms with Crippen molar-refractivity contribution in [1.29, 1.82) is 0 Å². The van der Waals surface area contributed by atoms with Gasteiger partial charge in [0.1, 0.15) is 4.60 Å². The molecule has 1 rings (SSSR count). The van der Waals surface area contributed by atoms with E-state index in [0.29, 0.717) is 29.0 Å². The minimum Gasteiger partial charge on any atom is -0.481 e. The fourth-order valence-corrected chi connectivity index (χ4v) is 2.53. The summed E-state index contributed by atoms with van der Waals surface area (Å²) in [6.07, 6.45) is 0.756. The number of methoxy groups -OCH3 is 1. The number of aromatic nitrogens is 1. The third-order valence-corrected chi connectivity index (χ3v) is 3.57. The first-order valence-electron chi connectivity index (χ1n) is 6.74. The molecule has 0 aliphatic heterocycles. The van der Waals surface area contributed by atoms with Gasteiger partial charge in [-0.05, 0) is 40.8 Å². The van der Waals surface area contributed by atoms with Crippen LogP contribution in [0.3, 0.4) is 0 Å². The molecule has 1 heterocycles. The van der Waals surface area contributed by atoms with Gasteiger partial charge in [-0.15, -0.1) is 4.91 Å². The van der Waals surface area contributed by atoms with Crippen LogP contribution in [0.25, 0.3) is 0 Å². The Morgan fingerprint density at radius 1 is 1.52 bits per heavy atom. The first-order valence-corrected chi connectivity index (χ1v) is 7.53. The summed E-state index contributed by atoms with van der Waals surface area (Å²) >= 11 is 3.24. The third-order valence-electron chi connectivity index (χ3n) is 3.17. The molecule has 1 aromatic heterocycles. The number of rotatable bonds is 7. The van der Waals surface area contributed by atoms with Crippen molar-refractivity contribution in [1.82, 2.24) is 4.98 Å². The van der Waals surface area contributed by atoms with Crippen LogP contribution in [0, 0.1) is 10.8 Å². The van der Waals surface area contributed by atoms with Crippen LogP contribution >= 0.6 is 15.9 Å². The van der Waals surface area contributed by atoms with Gasteiger partial charge in [0.15, 0.2) is 5.54 Å². The quantitative estimate of drug-likeness (QED) is 0.595. The molecule has 1 atom stereocenters. The molecule has 0 saturated carbocycles. The standard InChI is InChI=1S/C14H20BrN3O3/c1-5-14(18-20,8-9(2)3)13(19)16-10-6-11(15)17-12(7-10)21-4/h6-7,9H,5,8H2,1-4H3,(H,16,17,19). The van der Waals surface area contributed by atoms with Crippen molar-refractivity contribution in [2.75, 3.05) is 12.4 Å². The van der Waals surface area contributed by atoms with Crippen molar-refractivity contribution in [2.45, 2.75) is 39.2 Å². The normalized spacial score (nSPS) is 13.6. The molecule has 0 bridgehead atoms. The zero-order chi connectivity index (χ0) is 16.0. The van der Waals surface area contributed by atoms with E-state index in [4.69, 9.17) is 4.74 Å². The molecule has 116 valence electrons. The lowest BCUT2D eigenvalue weighted by Crippen LogP contribution is -2.41. The highest BCUT2D eigenvalue weighted by Gasteiger charge is 2.39. The molecular weight excluding hydrogens is 338 g/mol. The van der Waals surface area contributed by atoms with Gasteiger partial charge in [0, 0.05) is 11.8 Å². The molecule has 6 nitrogen and oxygen atoms in total. The number of carbonyl (C=O) groups excluding carboxylic acids is 1. The van der Waals surface area contributed by atoms with Gasteiger partial charge in [0.2, 0.25) is 5.88 Å². The second-order valence-corrected chi connectivity index (χ2v) is 6.06. The Kier molecular flexibility index (Phi) is 6.26. The van der Waals surface area contributed by atoms with Crippen LogP contribution < -0.4 is 10.1 Å². The maximum absolute atomic E-state index is 12.5. The highest BCUT2D eigenvalue weighted by molar-refractivity contribution is 9.10. The van der Waals surface area contributed by atoms with Crippen molar-refractivity contribution >= 4 is 27.5 Å². The maximum Gasteiger partial charge on any atom is 0.255 e. The van der Waals surface area contributed by atoms with Crippen molar-refractivity contribution < 1.29 is 9.53 Å². The Morgan fingerprint density at radius 3 is 2.67 bits per heavy atom. The number of hydrogen-bond acceptors (Lipinski definition) is 5. The molecule has 0 fully saturated rings. The summed E-state index contributed by atoms with van der Waals surface area (Å²) in [6, 6.07) is 3.23. The van der Waals surface area contributed by atoms with Crippen LogP contribution in [0.1, 0.15) is 33.6 Å². The minimum absolute atomic E-state index is 0.187. The summed E-state index contributed by atoms with van der Waals surface area (Å²) in [7, 11) is 1.49. The van der Waals surface area contributed by atoms with E-state index in [0.717, 1.165) is 0 Å². The average molecular weight is 358 g/mol. The lowest BCUT2D eigenvalue weighted by molar-refractivity contribution is -0.121. The largest absolute Gasteiger partial charge is 0.481 e. The van der Waals surface area contributed by atoms with Gasteiger partial charge in [-0.1, -0.05) is 25.9 Å². The van der Waals surface area contributed by atoms with E-state index in [1.807, 2.05) is 13.8 Å². The molecule has 1 aromatic rings. The summed E-state index contributed by atoms with van der Waals surface area (Å²) in [5.41, 5.74) is -0.749. The highest BCUT2D eigenvalue weighted by atomic mass is 79.9. The Bertz CT molecular complexity index is 522. The van der Waals surface area contributed by atoms with Crippen LogP contribution in [0.2, 0.25) is 0 Å². The summed E-state index contributed by atoms with van der Waals surface area (Å²) in [5, 5.41) is 5.84. The first-order chi connectivity index (χ1) is 9.86. The van der Waals surface area contributed by atoms with Gasteiger partial charge in [0.25, 0.3) is 5.91 Å². The topological polar surface area (TPSA) is 80.7 Å². The van der Waals surface area contributed by atoms with Crippen molar-refractivity contribution in [2.24, 2.45) is 11.1 Å². The number of amides is 1. The lowest BCUT2D eigenvalue weighted by atomic mass is 9.86. The van der Waals surface area contributed by atoms with Gasteiger partial charge < -0.3 is 10.1 Å². The molecule has 0 aromatic carbocycles. The zero-order valence-corrected chi connectivity index (χ0v) is 14.2. The molecule has 0 spiro atoms. The highest BCUT2D eigenvalue weighted by Crippen LogP contribution is 2.28. The van der Waals surface area contributed by atoms with Gasteiger partial charge in [-0.25, -0.2) is 4.98 Å². The van der Waals surface area contributed by atoms with E-state index < -0.39 is 11.4 Å². The van der Waals surface area contributed by atoms with E-state index in [1.54, 1.807) is 19.1 Å². The Morgan fingerprint density at radius 2 is 2.19 bits per heavy atom. The van der Waals surface area contributed by atoms with Crippen molar-refractivity contribution in [3.05, 3.63) is 21.6 Å². The number of nitrogens with one attached hydrogen (secondary N) is 1. The molecule has 0 aliphatic carbocycles. The maximum atomic E-state index is 12.5. The van der Waals surface area contributed by atoms with Gasteiger partial charge in [0.05, 0.1) is 7.11 Å². The summed E-state index contributed by atoms with van der Waals surface area (Å²) in [4.78, 5) is 27.8. The van der Waals surface area contributed by atoms with Gasteiger partial charge >= 0.3 is 0 Å². The molecule has 0 saturated heterocycles. The molecule has 1 N–H and O–H groups in total. The second-order valence-electron chi connectivity index (χ2n) is 5.25. The fraction of sp³-hybridized carbons (Fsp3) is 0.571. The Labute approximate surface area is 132 Å². The summed E-state index contributed by atoms with van der Waals surface area (Å²) in [6.45, 7) is 5.69. The second kappa shape index (κ2) is 7.49. The van der Waals surface area contributed by atoms with E-state index >= 15 is 0 Å². The predicted octanol–water partition coefficient (Wildman–Crippen LogP) is 3.75. The first kappa shape index (κ1) is 17.6. The van der Waals surface area contributed by atoms with E-state index in [-0.39, 0.29) is 5.92 Å². The van der Waals surface area contributed by atoms with Crippen LogP contribution in [0.5, 0.6) is 5.88 Å². The summed E-state index contributed by atoms with van der Waals surface area (Å²) < 4.78 is 5.57. The lowest BCUT2D eigenvalue weighted by Gasteiger charge is -2.25. The molecule has 1 amide bonds. The van der Waals surface area contributed by atoms with Gasteiger partial charge in [-0.2, -0.15) is 0 Å². The van der Waals surface area contributed by atoms with Gasteiger partial charge in [-0.3, -0.25) is 4.79 Å². The number of carbonyl (C=O) groups is 1. The fourth-order valence-electron chi connectivity index (χ4n) is 2.11. The number of nitrogens with zero attached hydrogens (tertiary/aromatic N) is 2. The summed E-state index contributed by atoms with van der Waals surface area (Å²) in [5.74, 6) is 0.144. The monoisotopic (exact) mass is 357 g/mol. The Balaban J connectivity index is 3.01. The zero-order valence-electron chi connectivity index (χ0n) is 12.6. The van der Waals surface area contributed by atoms with E-state index in [9.17, 15) is 9.70 Å². The molecule has 0 aliphatic rings. The van der Waals surface area contributed by atoms with Crippen molar-refractivity contribution in [3.8, 4) is 5.88 Å². The van der Waals surface area contributed by atoms with Crippen LogP contribution in [0.15, 0.2) is 21.9 Å². The number of ether oxygens (including phenoxy) is 1. The van der Waals surface area contributed by atoms with Crippen LogP contribution in [-0.4, -0.2) is 23.5 Å². The van der Waals surface area contributed by atoms with Crippen LogP contribution in [0.4, 0.5) is 5.69 Å². The average Bonchev–Trinajstić information content (AvgIpc) is 2.43. The van der Waals surface area contributed by atoms with Crippen LogP contribution in [-0.2, 0) is 4.79 Å². The number of halogens is 1. The molecule has 1 unspecified atom stereocenters. The number of nitroso groups, excluding NO2 is 1. The van der Waals surface area contributed by atoms with Crippen molar-refractivity contribution in [3.63, 3.8) is 0 Å². The molecule has 21 heavy (non-hydrogen) atoms. The SMILES string of the molecule is CCC(CC(C)C)(N=O)C(=O)Nc1cc(Br)nc(OC)c1. The third kappa shape index (κ3) is 4.49. The van der Waals surface area contributed by atoms with E-state index in [2.05, 4.69) is 31.4 Å². The smallest absolute Gasteiger partial charge is 0.255 e. The van der Waals surface area contributed by atoms with E-state index in [1.165, 1.54) is 7.11 Å². The molecule has 0 radical (unpaired) electrons. The number of pyridine rings is 1. The predicted molar refractivity (Wildman–Crippen MR) is 85.4 cm³/mol. The number of anilines is 1. The molecule has 7 heteroatoms. The Hall–Kier alpha value is -1.50.